The number of benzene rings is 2. The molecule has 2 heterocycles. The number of hydrogen-bond acceptors (Lipinski definition) is 7. The smallest absolute Gasteiger partial charge is 0.258 e. The lowest BCUT2D eigenvalue weighted by Crippen LogP contribution is -2.05. The summed E-state index contributed by atoms with van der Waals surface area (Å²) < 4.78 is 18.3. The first-order valence-electron chi connectivity index (χ1n) is 8.75. The first kappa shape index (κ1) is 20.1. The standard InChI is InChI=1S/C20H14Cl2FN5O2/c1-10-6-16(26-20(25-10)24-9-11-2-4-13(23)5-3-11)18-27-19(30-28-18)12-7-14(21)17(29)15(22)8-12/h2-8,29H,9H2,1H3,(H,24,25,26). The van der Waals surface area contributed by atoms with E-state index >= 15 is 0 Å². The average molecular weight is 446 g/mol. The SMILES string of the molecule is Cc1cc(-c2noc(-c3cc(Cl)c(O)c(Cl)c3)n2)nc(NCc2ccc(F)cc2)n1. The molecule has 2 aromatic carbocycles. The number of aryl methyl sites for hydroxylation is 1. The highest BCUT2D eigenvalue weighted by atomic mass is 35.5. The highest BCUT2D eigenvalue weighted by Crippen LogP contribution is 2.36. The average Bonchev–Trinajstić information content (AvgIpc) is 3.21. The lowest BCUT2D eigenvalue weighted by molar-refractivity contribution is 0.432. The number of phenolic OH excluding ortho intramolecular Hbond substituents is 1. The van der Waals surface area contributed by atoms with Crippen molar-refractivity contribution < 1.29 is 14.0 Å². The third kappa shape index (κ3) is 4.34. The van der Waals surface area contributed by atoms with Gasteiger partial charge >= 0.3 is 0 Å². The number of nitrogens with zero attached hydrogens (tertiary/aromatic N) is 4. The number of aromatic nitrogens is 4. The van der Waals surface area contributed by atoms with Crippen molar-refractivity contribution >= 4 is 29.2 Å². The lowest BCUT2D eigenvalue weighted by Gasteiger charge is -2.07. The van der Waals surface area contributed by atoms with E-state index in [4.69, 9.17) is 27.7 Å². The van der Waals surface area contributed by atoms with Gasteiger partial charge in [-0.15, -0.1) is 0 Å². The Bertz CT molecular complexity index is 1190. The molecule has 0 saturated heterocycles. The summed E-state index contributed by atoms with van der Waals surface area (Å²) >= 11 is 11.9. The van der Waals surface area contributed by atoms with Gasteiger partial charge in [-0.1, -0.05) is 40.5 Å². The maximum absolute atomic E-state index is 13.0. The maximum atomic E-state index is 13.0. The van der Waals surface area contributed by atoms with E-state index in [1.54, 1.807) is 18.2 Å². The molecule has 0 atom stereocenters. The predicted molar refractivity (Wildman–Crippen MR) is 111 cm³/mol. The molecule has 0 saturated carbocycles. The van der Waals surface area contributed by atoms with Crippen molar-refractivity contribution in [2.24, 2.45) is 0 Å². The summed E-state index contributed by atoms with van der Waals surface area (Å²) in [5.41, 5.74) is 2.49. The quantitative estimate of drug-likeness (QED) is 0.431. The van der Waals surface area contributed by atoms with Crippen LogP contribution in [-0.2, 0) is 6.54 Å². The minimum atomic E-state index is -0.294. The number of anilines is 1. The molecule has 0 bridgehead atoms. The van der Waals surface area contributed by atoms with Crippen molar-refractivity contribution in [3.63, 3.8) is 0 Å². The van der Waals surface area contributed by atoms with Crippen molar-refractivity contribution in [1.82, 2.24) is 20.1 Å². The highest BCUT2D eigenvalue weighted by molar-refractivity contribution is 6.37. The molecule has 2 aromatic heterocycles. The normalized spacial score (nSPS) is 10.9. The summed E-state index contributed by atoms with van der Waals surface area (Å²) in [6.07, 6.45) is 0. The first-order valence-corrected chi connectivity index (χ1v) is 9.51. The third-order valence-electron chi connectivity index (χ3n) is 4.14. The van der Waals surface area contributed by atoms with E-state index in [-0.39, 0.29) is 33.3 Å². The van der Waals surface area contributed by atoms with Gasteiger partial charge in [0.25, 0.3) is 5.89 Å². The molecule has 30 heavy (non-hydrogen) atoms. The molecule has 4 aromatic rings. The molecule has 0 aliphatic rings. The summed E-state index contributed by atoms with van der Waals surface area (Å²) in [6.45, 7) is 2.24. The maximum Gasteiger partial charge on any atom is 0.258 e. The number of aromatic hydroxyl groups is 1. The molecule has 0 unspecified atom stereocenters. The number of nitrogens with one attached hydrogen (secondary N) is 1. The van der Waals surface area contributed by atoms with Crippen LogP contribution in [0.5, 0.6) is 5.75 Å². The largest absolute Gasteiger partial charge is 0.505 e. The fourth-order valence-corrected chi connectivity index (χ4v) is 3.17. The van der Waals surface area contributed by atoms with E-state index in [0.717, 1.165) is 5.56 Å². The zero-order chi connectivity index (χ0) is 21.3. The van der Waals surface area contributed by atoms with Crippen LogP contribution in [0.4, 0.5) is 10.3 Å². The number of rotatable bonds is 5. The molecule has 0 aliphatic carbocycles. The fraction of sp³-hybridized carbons (Fsp3) is 0.100. The molecule has 0 aliphatic heterocycles. The van der Waals surface area contributed by atoms with Gasteiger partial charge in [-0.3, -0.25) is 0 Å². The van der Waals surface area contributed by atoms with Crippen LogP contribution in [0, 0.1) is 12.7 Å². The Labute approximate surface area is 180 Å². The Morgan fingerprint density at radius 3 is 2.43 bits per heavy atom. The van der Waals surface area contributed by atoms with Crippen LogP contribution in [-0.4, -0.2) is 25.2 Å². The van der Waals surface area contributed by atoms with Crippen molar-refractivity contribution in [2.75, 3.05) is 5.32 Å². The molecule has 152 valence electrons. The van der Waals surface area contributed by atoms with Crippen LogP contribution >= 0.6 is 23.2 Å². The van der Waals surface area contributed by atoms with E-state index in [2.05, 4.69) is 25.4 Å². The number of hydrogen-bond donors (Lipinski definition) is 2. The van der Waals surface area contributed by atoms with Crippen LogP contribution in [0.1, 0.15) is 11.3 Å². The van der Waals surface area contributed by atoms with Gasteiger partial charge in [0, 0.05) is 17.8 Å². The summed E-state index contributed by atoms with van der Waals surface area (Å²) in [4.78, 5) is 13.1. The lowest BCUT2D eigenvalue weighted by atomic mass is 10.2. The molecule has 0 spiro atoms. The molecular formula is C20H14Cl2FN5O2. The predicted octanol–water partition coefficient (Wildman–Crippen LogP) is 5.27. The number of phenols is 1. The Morgan fingerprint density at radius 2 is 1.73 bits per heavy atom. The number of halogens is 3. The van der Waals surface area contributed by atoms with E-state index < -0.39 is 0 Å². The Balaban J connectivity index is 1.58. The van der Waals surface area contributed by atoms with E-state index in [0.29, 0.717) is 29.4 Å². The minimum absolute atomic E-state index is 0.0717. The second-order valence-corrected chi connectivity index (χ2v) is 7.22. The fourth-order valence-electron chi connectivity index (χ4n) is 2.68. The molecule has 4 rings (SSSR count). The van der Waals surface area contributed by atoms with Crippen LogP contribution in [0.3, 0.4) is 0 Å². The van der Waals surface area contributed by atoms with E-state index in [1.165, 1.54) is 24.3 Å². The van der Waals surface area contributed by atoms with Gasteiger partial charge in [-0.2, -0.15) is 4.98 Å². The summed E-state index contributed by atoms with van der Waals surface area (Å²) in [5.74, 6) is 0.282. The molecule has 2 N–H and O–H groups in total. The molecule has 0 amide bonds. The van der Waals surface area contributed by atoms with Gasteiger partial charge in [-0.05, 0) is 42.8 Å². The van der Waals surface area contributed by atoms with Gasteiger partial charge in [-0.25, -0.2) is 14.4 Å². The van der Waals surface area contributed by atoms with Gasteiger partial charge < -0.3 is 14.9 Å². The van der Waals surface area contributed by atoms with Crippen LogP contribution in [0.2, 0.25) is 10.0 Å². The monoisotopic (exact) mass is 445 g/mol. The third-order valence-corrected chi connectivity index (χ3v) is 4.71. The summed E-state index contributed by atoms with van der Waals surface area (Å²) in [7, 11) is 0. The van der Waals surface area contributed by atoms with Gasteiger partial charge in [0.1, 0.15) is 11.5 Å². The van der Waals surface area contributed by atoms with Crippen LogP contribution < -0.4 is 5.32 Å². The van der Waals surface area contributed by atoms with Gasteiger partial charge in [0.05, 0.1) is 10.0 Å². The molecule has 0 radical (unpaired) electrons. The topological polar surface area (TPSA) is 97.0 Å². The van der Waals surface area contributed by atoms with Crippen molar-refractivity contribution in [1.29, 1.82) is 0 Å². The first-order chi connectivity index (χ1) is 14.4. The zero-order valence-corrected chi connectivity index (χ0v) is 17.0. The molecule has 10 heteroatoms. The zero-order valence-electron chi connectivity index (χ0n) is 15.5. The van der Waals surface area contributed by atoms with Crippen molar-refractivity contribution in [3.05, 3.63) is 69.6 Å². The highest BCUT2D eigenvalue weighted by Gasteiger charge is 2.16. The molecule has 0 fully saturated rings. The van der Waals surface area contributed by atoms with Gasteiger partial charge in [0.15, 0.2) is 5.75 Å². The second kappa shape index (κ2) is 8.25. The molecular weight excluding hydrogens is 432 g/mol. The van der Waals surface area contributed by atoms with E-state index in [1.807, 2.05) is 6.92 Å². The van der Waals surface area contributed by atoms with E-state index in [9.17, 15) is 9.50 Å². The van der Waals surface area contributed by atoms with Crippen LogP contribution in [0.25, 0.3) is 23.0 Å². The summed E-state index contributed by atoms with van der Waals surface area (Å²) in [6, 6.07) is 10.8. The Morgan fingerprint density at radius 1 is 1.03 bits per heavy atom. The Kier molecular flexibility index (Phi) is 5.52. The van der Waals surface area contributed by atoms with Gasteiger partial charge in [0.2, 0.25) is 11.8 Å². The van der Waals surface area contributed by atoms with Crippen LogP contribution in [0.15, 0.2) is 47.0 Å². The Hall–Kier alpha value is -3.23. The molecule has 7 nitrogen and oxygen atoms in total. The minimum Gasteiger partial charge on any atom is -0.505 e. The summed E-state index contributed by atoms with van der Waals surface area (Å²) in [5, 5.41) is 16.9. The second-order valence-electron chi connectivity index (χ2n) is 6.41. The van der Waals surface area contributed by atoms with Crippen molar-refractivity contribution in [2.45, 2.75) is 13.5 Å². The van der Waals surface area contributed by atoms with Crippen molar-refractivity contribution in [3.8, 4) is 28.7 Å².